The number of benzene rings is 2. The topological polar surface area (TPSA) is 91.8 Å². The third kappa shape index (κ3) is 9.08. The quantitative estimate of drug-likeness (QED) is 0.265. The van der Waals surface area contributed by atoms with Crippen molar-refractivity contribution in [3.05, 3.63) is 65.7 Å². The van der Waals surface area contributed by atoms with Gasteiger partial charge in [0, 0.05) is 26.2 Å². The molecule has 0 aliphatic carbocycles. The largest absolute Gasteiger partial charge is 0.383 e. The van der Waals surface area contributed by atoms with Crippen molar-refractivity contribution in [2.24, 2.45) is 4.99 Å². The van der Waals surface area contributed by atoms with E-state index in [2.05, 4.69) is 51.5 Å². The number of rotatable bonds is 12. The Morgan fingerprint density at radius 1 is 1.06 bits per heavy atom. The molecule has 0 fully saturated rings. The van der Waals surface area contributed by atoms with E-state index in [0.29, 0.717) is 13.2 Å². The van der Waals surface area contributed by atoms with Gasteiger partial charge in [-0.2, -0.15) is 0 Å². The first-order chi connectivity index (χ1) is 14.9. The van der Waals surface area contributed by atoms with Gasteiger partial charge in [-0.3, -0.25) is 0 Å². The summed E-state index contributed by atoms with van der Waals surface area (Å²) in [6.07, 6.45) is 2.00. The summed E-state index contributed by atoms with van der Waals surface area (Å²) in [4.78, 5) is 4.88. The molecule has 0 bridgehead atoms. The van der Waals surface area contributed by atoms with E-state index >= 15 is 0 Å². The predicted octanol–water partition coefficient (Wildman–Crippen LogP) is 2.69. The molecule has 2 aromatic rings. The standard InChI is InChI=1S/C23H34N4O3S/c1-4-24-23(27-19(2)10-11-20-8-6-5-7-9-20)25-18-21-12-14-22(15-13-21)31(28,29)26-16-17-30-3/h5-9,12-15,19,26H,4,10-11,16-18H2,1-3H3,(H2,24,25,27). The van der Waals surface area contributed by atoms with Gasteiger partial charge < -0.3 is 15.4 Å². The van der Waals surface area contributed by atoms with Crippen LogP contribution in [-0.2, 0) is 27.7 Å². The molecule has 0 heterocycles. The van der Waals surface area contributed by atoms with E-state index in [4.69, 9.17) is 4.74 Å². The number of hydrogen-bond acceptors (Lipinski definition) is 4. The number of guanidine groups is 1. The number of nitrogens with zero attached hydrogens (tertiary/aromatic N) is 1. The average Bonchev–Trinajstić information content (AvgIpc) is 2.77. The molecule has 3 N–H and O–H groups in total. The highest BCUT2D eigenvalue weighted by Gasteiger charge is 2.13. The lowest BCUT2D eigenvalue weighted by Gasteiger charge is -2.18. The van der Waals surface area contributed by atoms with Crippen LogP contribution in [0.4, 0.5) is 0 Å². The van der Waals surface area contributed by atoms with Gasteiger partial charge in [0.05, 0.1) is 18.0 Å². The monoisotopic (exact) mass is 446 g/mol. The molecule has 31 heavy (non-hydrogen) atoms. The number of hydrogen-bond donors (Lipinski definition) is 3. The number of nitrogens with one attached hydrogen (secondary N) is 3. The molecule has 0 aromatic heterocycles. The minimum atomic E-state index is -3.52. The maximum absolute atomic E-state index is 12.2. The fraction of sp³-hybridized carbons (Fsp3) is 0.435. The number of sulfonamides is 1. The number of aliphatic imine (C=N–C) groups is 1. The van der Waals surface area contributed by atoms with Crippen LogP contribution in [0.3, 0.4) is 0 Å². The van der Waals surface area contributed by atoms with Crippen molar-refractivity contribution >= 4 is 16.0 Å². The van der Waals surface area contributed by atoms with Crippen LogP contribution in [0.15, 0.2) is 64.5 Å². The summed E-state index contributed by atoms with van der Waals surface area (Å²) in [5.41, 5.74) is 2.26. The first kappa shape index (κ1) is 24.8. The van der Waals surface area contributed by atoms with E-state index in [0.717, 1.165) is 30.9 Å². The Labute approximate surface area is 186 Å². The van der Waals surface area contributed by atoms with Crippen LogP contribution in [0.5, 0.6) is 0 Å². The van der Waals surface area contributed by atoms with Gasteiger partial charge in [-0.25, -0.2) is 18.1 Å². The molecule has 0 aliphatic rings. The summed E-state index contributed by atoms with van der Waals surface area (Å²) in [5, 5.41) is 6.71. The summed E-state index contributed by atoms with van der Waals surface area (Å²) in [7, 11) is -1.99. The van der Waals surface area contributed by atoms with Crippen LogP contribution in [0.2, 0.25) is 0 Å². The van der Waals surface area contributed by atoms with Crippen molar-refractivity contribution in [3.8, 4) is 0 Å². The van der Waals surface area contributed by atoms with E-state index < -0.39 is 10.0 Å². The molecule has 0 saturated carbocycles. The molecule has 0 spiro atoms. The Kier molecular flexibility index (Phi) is 10.5. The lowest BCUT2D eigenvalue weighted by molar-refractivity contribution is 0.204. The lowest BCUT2D eigenvalue weighted by atomic mass is 10.1. The molecular formula is C23H34N4O3S. The minimum absolute atomic E-state index is 0.232. The second-order valence-electron chi connectivity index (χ2n) is 7.30. The van der Waals surface area contributed by atoms with Gasteiger partial charge in [0.15, 0.2) is 5.96 Å². The molecule has 7 nitrogen and oxygen atoms in total. The Balaban J connectivity index is 1.92. The Hall–Kier alpha value is -2.42. The summed E-state index contributed by atoms with van der Waals surface area (Å²) in [5.74, 6) is 0.751. The molecule has 170 valence electrons. The lowest BCUT2D eigenvalue weighted by Crippen LogP contribution is -2.42. The number of aryl methyl sites for hydroxylation is 1. The highest BCUT2D eigenvalue weighted by atomic mass is 32.2. The van der Waals surface area contributed by atoms with Crippen molar-refractivity contribution in [1.29, 1.82) is 0 Å². The normalized spacial score (nSPS) is 13.1. The second-order valence-corrected chi connectivity index (χ2v) is 9.07. The molecule has 8 heteroatoms. The maximum atomic E-state index is 12.2. The average molecular weight is 447 g/mol. The van der Waals surface area contributed by atoms with Gasteiger partial charge in [-0.05, 0) is 49.9 Å². The Bertz CT molecular complexity index is 900. The zero-order valence-electron chi connectivity index (χ0n) is 18.6. The van der Waals surface area contributed by atoms with Crippen molar-refractivity contribution in [1.82, 2.24) is 15.4 Å². The SMILES string of the molecule is CCNC(=NCc1ccc(S(=O)(=O)NCCOC)cc1)NC(C)CCc1ccccc1. The van der Waals surface area contributed by atoms with Crippen LogP contribution in [0.25, 0.3) is 0 Å². The van der Waals surface area contributed by atoms with Gasteiger partial charge in [0.25, 0.3) is 0 Å². The van der Waals surface area contributed by atoms with E-state index in [1.54, 1.807) is 24.3 Å². The van der Waals surface area contributed by atoms with Crippen molar-refractivity contribution in [2.75, 3.05) is 26.8 Å². The van der Waals surface area contributed by atoms with Gasteiger partial charge in [0.2, 0.25) is 10.0 Å². The smallest absolute Gasteiger partial charge is 0.240 e. The van der Waals surface area contributed by atoms with Crippen LogP contribution >= 0.6 is 0 Å². The van der Waals surface area contributed by atoms with Crippen LogP contribution in [0, 0.1) is 0 Å². The third-order valence-corrected chi connectivity index (χ3v) is 6.16. The van der Waals surface area contributed by atoms with Crippen LogP contribution < -0.4 is 15.4 Å². The van der Waals surface area contributed by atoms with Crippen LogP contribution in [-0.4, -0.2) is 47.2 Å². The molecular weight excluding hydrogens is 412 g/mol. The zero-order valence-corrected chi connectivity index (χ0v) is 19.4. The molecule has 0 aliphatic heterocycles. The molecule has 0 radical (unpaired) electrons. The van der Waals surface area contributed by atoms with E-state index in [1.807, 2.05) is 13.0 Å². The first-order valence-electron chi connectivity index (χ1n) is 10.6. The van der Waals surface area contributed by atoms with Crippen LogP contribution in [0.1, 0.15) is 31.4 Å². The second kappa shape index (κ2) is 13.1. The minimum Gasteiger partial charge on any atom is -0.383 e. The predicted molar refractivity (Wildman–Crippen MR) is 126 cm³/mol. The number of methoxy groups -OCH3 is 1. The third-order valence-electron chi connectivity index (χ3n) is 4.69. The molecule has 2 rings (SSSR count). The highest BCUT2D eigenvalue weighted by molar-refractivity contribution is 7.89. The van der Waals surface area contributed by atoms with E-state index in [9.17, 15) is 8.42 Å². The Morgan fingerprint density at radius 2 is 1.77 bits per heavy atom. The van der Waals surface area contributed by atoms with Crippen molar-refractivity contribution < 1.29 is 13.2 Å². The summed E-state index contributed by atoms with van der Waals surface area (Å²) in [6, 6.07) is 17.5. The van der Waals surface area contributed by atoms with Gasteiger partial charge in [-0.15, -0.1) is 0 Å². The first-order valence-corrected chi connectivity index (χ1v) is 12.1. The fourth-order valence-corrected chi connectivity index (χ4v) is 3.97. The van der Waals surface area contributed by atoms with E-state index in [-0.39, 0.29) is 17.5 Å². The van der Waals surface area contributed by atoms with E-state index in [1.165, 1.54) is 12.7 Å². The van der Waals surface area contributed by atoms with Crippen molar-refractivity contribution in [3.63, 3.8) is 0 Å². The van der Waals surface area contributed by atoms with Crippen molar-refractivity contribution in [2.45, 2.75) is 44.2 Å². The molecule has 0 amide bonds. The van der Waals surface area contributed by atoms with Gasteiger partial charge in [0.1, 0.15) is 0 Å². The van der Waals surface area contributed by atoms with Gasteiger partial charge in [-0.1, -0.05) is 42.5 Å². The van der Waals surface area contributed by atoms with Gasteiger partial charge >= 0.3 is 0 Å². The fourth-order valence-electron chi connectivity index (χ4n) is 2.96. The maximum Gasteiger partial charge on any atom is 0.240 e. The molecule has 2 aromatic carbocycles. The molecule has 0 saturated heterocycles. The molecule has 1 unspecified atom stereocenters. The highest BCUT2D eigenvalue weighted by Crippen LogP contribution is 2.11. The Morgan fingerprint density at radius 3 is 2.42 bits per heavy atom. The summed E-state index contributed by atoms with van der Waals surface area (Å²) < 4.78 is 31.9. The molecule has 1 atom stereocenters. The summed E-state index contributed by atoms with van der Waals surface area (Å²) >= 11 is 0. The summed E-state index contributed by atoms with van der Waals surface area (Å²) in [6.45, 7) is 5.97. The zero-order chi connectivity index (χ0) is 22.5. The number of ether oxygens (including phenoxy) is 1.